The van der Waals surface area contributed by atoms with Gasteiger partial charge in [-0.3, -0.25) is 4.79 Å². The minimum Gasteiger partial charge on any atom is -0.360 e. The molecule has 2 heterocycles. The fraction of sp³-hybridized carbons (Fsp3) is 0.632. The average molecular weight is 316 g/mol. The molecule has 4 nitrogen and oxygen atoms in total. The van der Waals surface area contributed by atoms with Crippen molar-refractivity contribution in [2.75, 3.05) is 33.2 Å². The molecular formula is C19H28N2O2. The third-order valence-corrected chi connectivity index (χ3v) is 5.27. The summed E-state index contributed by atoms with van der Waals surface area (Å²) in [6.07, 6.45) is 3.67. The molecule has 4 heteroatoms. The zero-order valence-corrected chi connectivity index (χ0v) is 14.3. The van der Waals surface area contributed by atoms with Gasteiger partial charge >= 0.3 is 0 Å². The lowest BCUT2D eigenvalue weighted by molar-refractivity contribution is -0.190. The lowest BCUT2D eigenvalue weighted by Gasteiger charge is -2.48. The van der Waals surface area contributed by atoms with Crippen LogP contribution in [0.5, 0.6) is 0 Å². The van der Waals surface area contributed by atoms with Gasteiger partial charge in [-0.25, -0.2) is 0 Å². The number of carbonyl (C=O) groups is 1. The first-order chi connectivity index (χ1) is 11.1. The van der Waals surface area contributed by atoms with E-state index in [9.17, 15) is 4.79 Å². The summed E-state index contributed by atoms with van der Waals surface area (Å²) in [4.78, 5) is 16.5. The Balaban J connectivity index is 1.52. The van der Waals surface area contributed by atoms with Crippen molar-refractivity contribution in [1.82, 2.24) is 9.80 Å². The van der Waals surface area contributed by atoms with Crippen LogP contribution >= 0.6 is 0 Å². The first kappa shape index (κ1) is 16.5. The van der Waals surface area contributed by atoms with E-state index in [4.69, 9.17) is 4.74 Å². The average Bonchev–Trinajstić information content (AvgIpc) is 2.59. The number of likely N-dealkylation sites (N-methyl/N-ethyl adjacent to an activating group) is 1. The molecule has 0 unspecified atom stereocenters. The van der Waals surface area contributed by atoms with Crippen molar-refractivity contribution < 1.29 is 9.53 Å². The second-order valence-corrected chi connectivity index (χ2v) is 6.97. The highest BCUT2D eigenvalue weighted by molar-refractivity contribution is 5.81. The summed E-state index contributed by atoms with van der Waals surface area (Å²) < 4.78 is 6.24. The number of ether oxygens (including phenoxy) is 1. The Morgan fingerprint density at radius 1 is 1.22 bits per heavy atom. The van der Waals surface area contributed by atoms with Gasteiger partial charge in [0.1, 0.15) is 6.10 Å². The maximum Gasteiger partial charge on any atom is 0.251 e. The summed E-state index contributed by atoms with van der Waals surface area (Å²) in [6.45, 7) is 6.00. The molecular weight excluding hydrogens is 288 g/mol. The molecule has 3 rings (SSSR count). The summed E-state index contributed by atoms with van der Waals surface area (Å²) in [6, 6.07) is 10.7. The Hall–Kier alpha value is -1.39. The number of amides is 1. The van der Waals surface area contributed by atoms with Crippen molar-refractivity contribution in [2.45, 2.75) is 44.3 Å². The van der Waals surface area contributed by atoms with Gasteiger partial charge in [0.25, 0.3) is 5.91 Å². The normalized spacial score (nSPS) is 25.0. The van der Waals surface area contributed by atoms with Crippen LogP contribution in [0.4, 0.5) is 0 Å². The molecule has 0 aromatic heterocycles. The van der Waals surface area contributed by atoms with E-state index in [1.807, 2.05) is 18.9 Å². The molecule has 2 aliphatic rings. The van der Waals surface area contributed by atoms with Crippen LogP contribution < -0.4 is 0 Å². The lowest BCUT2D eigenvalue weighted by atomic mass is 9.88. The van der Waals surface area contributed by atoms with E-state index >= 15 is 0 Å². The topological polar surface area (TPSA) is 32.8 Å². The number of carbonyl (C=O) groups excluding carboxylic acids is 1. The van der Waals surface area contributed by atoms with Gasteiger partial charge in [-0.1, -0.05) is 37.3 Å². The molecule has 23 heavy (non-hydrogen) atoms. The van der Waals surface area contributed by atoms with Gasteiger partial charge in [-0.2, -0.15) is 0 Å². The molecule has 0 saturated carbocycles. The van der Waals surface area contributed by atoms with Gasteiger partial charge in [0, 0.05) is 33.2 Å². The van der Waals surface area contributed by atoms with Crippen LogP contribution in [-0.4, -0.2) is 60.6 Å². The van der Waals surface area contributed by atoms with Crippen molar-refractivity contribution in [1.29, 1.82) is 0 Å². The zero-order chi connectivity index (χ0) is 16.3. The van der Waals surface area contributed by atoms with Crippen molar-refractivity contribution in [3.8, 4) is 0 Å². The largest absolute Gasteiger partial charge is 0.360 e. The predicted octanol–water partition coefficient (Wildman–Crippen LogP) is 2.33. The van der Waals surface area contributed by atoms with Gasteiger partial charge in [-0.05, 0) is 31.2 Å². The quantitative estimate of drug-likeness (QED) is 0.855. The molecule has 0 aliphatic carbocycles. The number of piperidine rings is 1. The van der Waals surface area contributed by atoms with E-state index in [-0.39, 0.29) is 17.6 Å². The van der Waals surface area contributed by atoms with Gasteiger partial charge < -0.3 is 14.5 Å². The second kappa shape index (κ2) is 7.02. The van der Waals surface area contributed by atoms with Gasteiger partial charge in [0.2, 0.25) is 0 Å². The molecule has 2 saturated heterocycles. The summed E-state index contributed by atoms with van der Waals surface area (Å²) in [5.74, 6) is 0.143. The SMILES string of the molecule is CC[C@H]1OC2(CCN(CCc3ccccc3)CC2)CN(C)C1=O. The number of hydrogen-bond acceptors (Lipinski definition) is 3. The van der Waals surface area contributed by atoms with Crippen LogP contribution in [0, 0.1) is 0 Å². The van der Waals surface area contributed by atoms with Crippen molar-refractivity contribution in [2.24, 2.45) is 0 Å². The molecule has 126 valence electrons. The number of nitrogens with zero attached hydrogens (tertiary/aromatic N) is 2. The van der Waals surface area contributed by atoms with Gasteiger partial charge in [-0.15, -0.1) is 0 Å². The lowest BCUT2D eigenvalue weighted by Crippen LogP contribution is -2.60. The predicted molar refractivity (Wildman–Crippen MR) is 91.4 cm³/mol. The maximum absolute atomic E-state index is 12.1. The first-order valence-electron chi connectivity index (χ1n) is 8.81. The Morgan fingerprint density at radius 3 is 2.57 bits per heavy atom. The fourth-order valence-corrected chi connectivity index (χ4v) is 3.80. The number of rotatable bonds is 4. The molecule has 1 atom stereocenters. The highest BCUT2D eigenvalue weighted by Gasteiger charge is 2.44. The minimum absolute atomic E-state index is 0.118. The van der Waals surface area contributed by atoms with Crippen LogP contribution in [0.3, 0.4) is 0 Å². The van der Waals surface area contributed by atoms with Gasteiger partial charge in [0.15, 0.2) is 0 Å². The Kier molecular flexibility index (Phi) is 5.02. The van der Waals surface area contributed by atoms with E-state index in [0.717, 1.165) is 51.9 Å². The molecule has 0 N–H and O–H groups in total. The van der Waals surface area contributed by atoms with Crippen LogP contribution in [0.2, 0.25) is 0 Å². The minimum atomic E-state index is -0.246. The van der Waals surface area contributed by atoms with Crippen LogP contribution in [0.1, 0.15) is 31.7 Å². The summed E-state index contributed by atoms with van der Waals surface area (Å²) >= 11 is 0. The van der Waals surface area contributed by atoms with Crippen LogP contribution in [0.15, 0.2) is 30.3 Å². The van der Waals surface area contributed by atoms with E-state index < -0.39 is 0 Å². The fourth-order valence-electron chi connectivity index (χ4n) is 3.80. The van der Waals surface area contributed by atoms with Crippen molar-refractivity contribution in [3.63, 3.8) is 0 Å². The van der Waals surface area contributed by atoms with Crippen molar-refractivity contribution in [3.05, 3.63) is 35.9 Å². The molecule has 1 spiro atoms. The third kappa shape index (κ3) is 3.75. The van der Waals surface area contributed by atoms with Gasteiger partial charge in [0.05, 0.1) is 5.60 Å². The van der Waals surface area contributed by atoms with Crippen LogP contribution in [0.25, 0.3) is 0 Å². The Labute approximate surface area is 139 Å². The van der Waals surface area contributed by atoms with Crippen LogP contribution in [-0.2, 0) is 16.0 Å². The van der Waals surface area contributed by atoms with Crippen molar-refractivity contribution >= 4 is 5.91 Å². The molecule has 0 radical (unpaired) electrons. The molecule has 0 bridgehead atoms. The summed E-state index contributed by atoms with van der Waals surface area (Å²) in [7, 11) is 1.91. The third-order valence-electron chi connectivity index (χ3n) is 5.27. The van der Waals surface area contributed by atoms with E-state index in [0.29, 0.717) is 0 Å². The first-order valence-corrected chi connectivity index (χ1v) is 8.81. The molecule has 1 aromatic rings. The Morgan fingerprint density at radius 2 is 1.91 bits per heavy atom. The zero-order valence-electron chi connectivity index (χ0n) is 14.3. The smallest absolute Gasteiger partial charge is 0.251 e. The molecule has 2 fully saturated rings. The standard InChI is InChI=1S/C19H28N2O2/c1-3-17-18(22)20(2)15-19(23-17)10-13-21(14-11-19)12-9-16-7-5-4-6-8-16/h4-8,17H,3,9-15H2,1-2H3/t17-/m1/s1. The van der Waals surface area contributed by atoms with E-state index in [1.54, 1.807) is 0 Å². The molecule has 1 amide bonds. The summed E-state index contributed by atoms with van der Waals surface area (Å²) in [5, 5.41) is 0. The molecule has 1 aromatic carbocycles. The Bertz CT molecular complexity index is 523. The maximum atomic E-state index is 12.1. The second-order valence-electron chi connectivity index (χ2n) is 6.97. The summed E-state index contributed by atoms with van der Waals surface area (Å²) in [5.41, 5.74) is 1.28. The van der Waals surface area contributed by atoms with E-state index in [2.05, 4.69) is 35.2 Å². The highest BCUT2D eigenvalue weighted by atomic mass is 16.5. The van der Waals surface area contributed by atoms with E-state index in [1.165, 1.54) is 5.56 Å². The number of morpholine rings is 1. The highest BCUT2D eigenvalue weighted by Crippen LogP contribution is 2.33. The molecule has 2 aliphatic heterocycles. The number of hydrogen-bond donors (Lipinski definition) is 0. The monoisotopic (exact) mass is 316 g/mol. The number of benzene rings is 1. The number of likely N-dealkylation sites (tertiary alicyclic amines) is 1.